The predicted molar refractivity (Wildman–Crippen MR) is 51.4 cm³/mol. The lowest BCUT2D eigenvalue weighted by molar-refractivity contribution is -0.142. The quantitative estimate of drug-likeness (QED) is 0.462. The second kappa shape index (κ2) is 8.53. The summed E-state index contributed by atoms with van der Waals surface area (Å²) in [7, 11) is 1.37. The molecule has 0 amide bonds. The van der Waals surface area contributed by atoms with Crippen LogP contribution in [0.2, 0.25) is 0 Å². The molecule has 0 rings (SSSR count). The van der Waals surface area contributed by atoms with E-state index in [2.05, 4.69) is 4.74 Å². The van der Waals surface area contributed by atoms with Gasteiger partial charge in [-0.2, -0.15) is 0 Å². The highest BCUT2D eigenvalue weighted by atomic mass is 16.5. The molecule has 0 aromatic carbocycles. The van der Waals surface area contributed by atoms with E-state index in [1.54, 1.807) is 6.92 Å². The minimum atomic E-state index is -0.217. The van der Waals surface area contributed by atoms with Crippen molar-refractivity contribution < 1.29 is 19.1 Å². The Morgan fingerprint density at radius 1 is 1.29 bits per heavy atom. The van der Waals surface area contributed by atoms with Crippen LogP contribution in [0.15, 0.2) is 0 Å². The molecule has 0 heterocycles. The van der Waals surface area contributed by atoms with Gasteiger partial charge in [0.2, 0.25) is 0 Å². The average Bonchev–Trinajstić information content (AvgIpc) is 2.17. The van der Waals surface area contributed by atoms with Crippen molar-refractivity contribution in [2.45, 2.75) is 32.6 Å². The molecule has 0 saturated heterocycles. The molecule has 0 aliphatic carbocycles. The van der Waals surface area contributed by atoms with Crippen molar-refractivity contribution in [1.29, 1.82) is 0 Å². The molecule has 0 atom stereocenters. The maximum Gasteiger partial charge on any atom is 0.306 e. The molecule has 0 aromatic heterocycles. The van der Waals surface area contributed by atoms with Crippen molar-refractivity contribution in [1.82, 2.24) is 0 Å². The Morgan fingerprint density at radius 2 is 2.00 bits per heavy atom. The van der Waals surface area contributed by atoms with Gasteiger partial charge in [0.05, 0.1) is 13.7 Å². The molecule has 1 radical (unpaired) electrons. The first-order valence-corrected chi connectivity index (χ1v) is 4.74. The smallest absolute Gasteiger partial charge is 0.306 e. The first-order valence-electron chi connectivity index (χ1n) is 4.74. The summed E-state index contributed by atoms with van der Waals surface area (Å²) in [6.45, 7) is 2.18. The molecular formula is C10H17O4. The number of rotatable bonds is 7. The first kappa shape index (κ1) is 12.9. The Kier molecular flexibility index (Phi) is 7.89. The minimum Gasteiger partial charge on any atom is -0.469 e. The lowest BCUT2D eigenvalue weighted by Crippen LogP contribution is -2.04. The van der Waals surface area contributed by atoms with Crippen LogP contribution in [0.5, 0.6) is 0 Å². The van der Waals surface area contributed by atoms with E-state index in [-0.39, 0.29) is 11.9 Å². The van der Waals surface area contributed by atoms with Gasteiger partial charge in [-0.3, -0.25) is 9.59 Å². The molecule has 0 aliphatic heterocycles. The fourth-order valence-corrected chi connectivity index (χ4v) is 0.933. The van der Waals surface area contributed by atoms with E-state index in [4.69, 9.17) is 4.74 Å². The van der Waals surface area contributed by atoms with Crippen molar-refractivity contribution in [2.24, 2.45) is 0 Å². The summed E-state index contributed by atoms with van der Waals surface area (Å²) in [5.74, 6) is -0.430. The molecular weight excluding hydrogens is 184 g/mol. The normalized spacial score (nSPS) is 9.57. The molecule has 81 valence electrons. The van der Waals surface area contributed by atoms with Gasteiger partial charge in [0.1, 0.15) is 0 Å². The molecule has 0 fully saturated rings. The van der Waals surface area contributed by atoms with E-state index in [0.29, 0.717) is 25.9 Å². The van der Waals surface area contributed by atoms with E-state index >= 15 is 0 Å². The van der Waals surface area contributed by atoms with Crippen LogP contribution < -0.4 is 0 Å². The molecule has 14 heavy (non-hydrogen) atoms. The summed E-state index contributed by atoms with van der Waals surface area (Å²) in [5.41, 5.74) is 0. The van der Waals surface area contributed by atoms with Crippen LogP contribution in [0.3, 0.4) is 0 Å². The predicted octanol–water partition coefficient (Wildman–Crippen LogP) is 1.49. The largest absolute Gasteiger partial charge is 0.469 e. The summed E-state index contributed by atoms with van der Waals surface area (Å²) in [5, 5.41) is 0. The Hall–Kier alpha value is -1.06. The highest BCUT2D eigenvalue weighted by molar-refractivity contribution is 5.70. The van der Waals surface area contributed by atoms with Gasteiger partial charge < -0.3 is 9.47 Å². The minimum absolute atomic E-state index is 0.213. The summed E-state index contributed by atoms with van der Waals surface area (Å²) in [6, 6.07) is 0. The zero-order chi connectivity index (χ0) is 10.8. The van der Waals surface area contributed by atoms with Gasteiger partial charge in [-0.05, 0) is 26.2 Å². The second-order valence-corrected chi connectivity index (χ2v) is 2.77. The van der Waals surface area contributed by atoms with Crippen molar-refractivity contribution >= 4 is 11.9 Å². The van der Waals surface area contributed by atoms with Crippen LogP contribution in [-0.4, -0.2) is 25.7 Å². The number of esters is 2. The summed E-state index contributed by atoms with van der Waals surface area (Å²) in [6.07, 6.45) is 3.98. The number of carbonyl (C=O) groups excluding carboxylic acids is 2. The van der Waals surface area contributed by atoms with E-state index in [9.17, 15) is 9.59 Å². The Bertz CT molecular complexity index is 177. The molecule has 4 heteroatoms. The highest BCUT2D eigenvalue weighted by Crippen LogP contribution is 2.03. The standard InChI is InChI=1S/C10H17O4/c1-3-14-10(12)8-6-4-5-7-9(11)13-2/h6H,3-5,7-8H2,1-2H3. The van der Waals surface area contributed by atoms with Gasteiger partial charge in [0, 0.05) is 12.8 Å². The monoisotopic (exact) mass is 201 g/mol. The number of hydrogen-bond donors (Lipinski definition) is 0. The molecule has 0 spiro atoms. The zero-order valence-electron chi connectivity index (χ0n) is 8.75. The summed E-state index contributed by atoms with van der Waals surface area (Å²) in [4.78, 5) is 21.5. The van der Waals surface area contributed by atoms with Crippen molar-refractivity contribution in [3.8, 4) is 0 Å². The zero-order valence-corrected chi connectivity index (χ0v) is 8.75. The molecule has 0 N–H and O–H groups in total. The first-order chi connectivity index (χ1) is 6.70. The lowest BCUT2D eigenvalue weighted by atomic mass is 10.1. The molecule has 0 unspecified atom stereocenters. The average molecular weight is 201 g/mol. The van der Waals surface area contributed by atoms with Crippen molar-refractivity contribution in [2.75, 3.05) is 13.7 Å². The maximum atomic E-state index is 10.9. The number of carbonyl (C=O) groups is 2. The van der Waals surface area contributed by atoms with Gasteiger partial charge >= 0.3 is 11.9 Å². The molecule has 0 saturated carbocycles. The third-order valence-corrected chi connectivity index (χ3v) is 1.63. The Labute approximate surface area is 84.6 Å². The van der Waals surface area contributed by atoms with Gasteiger partial charge in [-0.25, -0.2) is 0 Å². The fourth-order valence-electron chi connectivity index (χ4n) is 0.933. The van der Waals surface area contributed by atoms with Gasteiger partial charge in [0.15, 0.2) is 0 Å². The van der Waals surface area contributed by atoms with E-state index in [0.717, 1.165) is 6.42 Å². The van der Waals surface area contributed by atoms with E-state index < -0.39 is 0 Å². The Balaban J connectivity index is 3.21. The lowest BCUT2D eigenvalue weighted by Gasteiger charge is -2.01. The fraction of sp³-hybridized carbons (Fsp3) is 0.700. The Morgan fingerprint density at radius 3 is 2.57 bits per heavy atom. The highest BCUT2D eigenvalue weighted by Gasteiger charge is 2.03. The molecule has 4 nitrogen and oxygen atoms in total. The third kappa shape index (κ3) is 7.58. The van der Waals surface area contributed by atoms with E-state index in [1.807, 2.05) is 6.42 Å². The van der Waals surface area contributed by atoms with Crippen LogP contribution in [0.4, 0.5) is 0 Å². The van der Waals surface area contributed by atoms with Crippen LogP contribution in [0.1, 0.15) is 32.6 Å². The number of methoxy groups -OCH3 is 1. The molecule has 0 aliphatic rings. The molecule has 0 bridgehead atoms. The second-order valence-electron chi connectivity index (χ2n) is 2.77. The number of ether oxygens (including phenoxy) is 2. The number of unbranched alkanes of at least 4 members (excludes halogenated alkanes) is 2. The van der Waals surface area contributed by atoms with Gasteiger partial charge in [0.25, 0.3) is 0 Å². The maximum absolute atomic E-state index is 10.9. The van der Waals surface area contributed by atoms with Crippen LogP contribution in [-0.2, 0) is 19.1 Å². The van der Waals surface area contributed by atoms with Crippen LogP contribution in [0.25, 0.3) is 0 Å². The molecule has 0 aromatic rings. The van der Waals surface area contributed by atoms with Crippen molar-refractivity contribution in [3.63, 3.8) is 0 Å². The van der Waals surface area contributed by atoms with Gasteiger partial charge in [-0.1, -0.05) is 0 Å². The van der Waals surface area contributed by atoms with Crippen molar-refractivity contribution in [3.05, 3.63) is 6.42 Å². The summed E-state index contributed by atoms with van der Waals surface area (Å²) < 4.78 is 9.20. The SMILES string of the molecule is CCOC(=O)C[CH]CCCC(=O)OC. The van der Waals surface area contributed by atoms with Gasteiger partial charge in [-0.15, -0.1) is 0 Å². The van der Waals surface area contributed by atoms with Crippen LogP contribution >= 0.6 is 0 Å². The third-order valence-electron chi connectivity index (χ3n) is 1.63. The van der Waals surface area contributed by atoms with E-state index in [1.165, 1.54) is 7.11 Å². The van der Waals surface area contributed by atoms with Crippen LogP contribution in [0, 0.1) is 6.42 Å². The number of hydrogen-bond acceptors (Lipinski definition) is 4. The summed E-state index contributed by atoms with van der Waals surface area (Å²) >= 11 is 0. The topological polar surface area (TPSA) is 52.6 Å².